The number of hydrogen-bond acceptors (Lipinski definition) is 3. The van der Waals surface area contributed by atoms with E-state index in [4.69, 9.17) is 4.74 Å². The third kappa shape index (κ3) is 2.64. The molecule has 4 nitrogen and oxygen atoms in total. The van der Waals surface area contributed by atoms with E-state index in [0.717, 1.165) is 19.3 Å². The van der Waals surface area contributed by atoms with Crippen molar-refractivity contribution < 1.29 is 14.6 Å². The van der Waals surface area contributed by atoms with Gasteiger partial charge in [0.2, 0.25) is 0 Å². The third-order valence-electron chi connectivity index (χ3n) is 4.14. The van der Waals surface area contributed by atoms with Crippen molar-refractivity contribution >= 4 is 5.91 Å². The van der Waals surface area contributed by atoms with Gasteiger partial charge in [0.05, 0.1) is 18.7 Å². The van der Waals surface area contributed by atoms with Crippen molar-refractivity contribution in [1.82, 2.24) is 5.32 Å². The van der Waals surface area contributed by atoms with Crippen LogP contribution in [0, 0.1) is 0 Å². The Morgan fingerprint density at radius 2 is 2.05 bits per heavy atom. The molecular weight excluding hydrogens is 278 g/mol. The first-order valence-electron chi connectivity index (χ1n) is 7.45. The van der Waals surface area contributed by atoms with Crippen LogP contribution in [0.15, 0.2) is 42.5 Å². The second-order valence-electron chi connectivity index (χ2n) is 5.47. The zero-order chi connectivity index (χ0) is 15.5. The lowest BCUT2D eigenvalue weighted by Gasteiger charge is -2.26. The summed E-state index contributed by atoms with van der Waals surface area (Å²) in [6.07, 6.45) is 3.01. The molecule has 4 heteroatoms. The number of para-hydroxylation sites is 1. The first kappa shape index (κ1) is 14.4. The van der Waals surface area contributed by atoms with Crippen molar-refractivity contribution in [2.24, 2.45) is 0 Å². The zero-order valence-electron chi connectivity index (χ0n) is 12.5. The van der Waals surface area contributed by atoms with Gasteiger partial charge in [-0.3, -0.25) is 4.79 Å². The van der Waals surface area contributed by atoms with Crippen molar-refractivity contribution in [3.8, 4) is 11.5 Å². The van der Waals surface area contributed by atoms with E-state index in [9.17, 15) is 9.90 Å². The molecule has 22 heavy (non-hydrogen) atoms. The van der Waals surface area contributed by atoms with Crippen LogP contribution < -0.4 is 10.1 Å². The van der Waals surface area contributed by atoms with Gasteiger partial charge in [-0.1, -0.05) is 30.3 Å². The maximum atomic E-state index is 12.5. The number of fused-ring (bicyclic) bond motifs is 1. The average Bonchev–Trinajstić information content (AvgIpc) is 2.55. The number of rotatable bonds is 3. The van der Waals surface area contributed by atoms with Crippen LogP contribution >= 0.6 is 0 Å². The average molecular weight is 297 g/mol. The Balaban J connectivity index is 1.84. The highest BCUT2D eigenvalue weighted by molar-refractivity contribution is 5.97. The Bertz CT molecular complexity index is 696. The van der Waals surface area contributed by atoms with Gasteiger partial charge in [0.25, 0.3) is 5.91 Å². The van der Waals surface area contributed by atoms with Crippen LogP contribution in [-0.2, 0) is 6.42 Å². The Kier molecular flexibility index (Phi) is 4.00. The van der Waals surface area contributed by atoms with Crippen LogP contribution in [0.3, 0.4) is 0 Å². The monoisotopic (exact) mass is 297 g/mol. The van der Waals surface area contributed by atoms with Gasteiger partial charge in [-0.05, 0) is 42.5 Å². The molecule has 0 aliphatic heterocycles. The predicted octanol–water partition coefficient (Wildman–Crippen LogP) is 3.21. The van der Waals surface area contributed by atoms with Crippen LogP contribution in [0.2, 0.25) is 0 Å². The van der Waals surface area contributed by atoms with Gasteiger partial charge < -0.3 is 15.2 Å². The van der Waals surface area contributed by atoms with E-state index in [1.807, 2.05) is 12.1 Å². The lowest BCUT2D eigenvalue weighted by molar-refractivity contribution is 0.0929. The van der Waals surface area contributed by atoms with Crippen molar-refractivity contribution in [1.29, 1.82) is 0 Å². The molecule has 0 bridgehead atoms. The number of amides is 1. The first-order valence-corrected chi connectivity index (χ1v) is 7.45. The number of nitrogens with one attached hydrogen (secondary N) is 1. The molecule has 2 aromatic carbocycles. The van der Waals surface area contributed by atoms with Gasteiger partial charge >= 0.3 is 0 Å². The summed E-state index contributed by atoms with van der Waals surface area (Å²) < 4.78 is 5.05. The van der Waals surface area contributed by atoms with Gasteiger partial charge in [-0.25, -0.2) is 0 Å². The molecule has 2 N–H and O–H groups in total. The number of carbonyl (C=O) groups excluding carboxylic acids is 1. The first-order chi connectivity index (χ1) is 10.7. The van der Waals surface area contributed by atoms with Crippen LogP contribution in [-0.4, -0.2) is 18.1 Å². The standard InChI is InChI=1S/C18H19NO3/c1-22-16-11-5-9-14(17(16)20)18(21)19-15-10-4-7-12-6-2-3-8-13(12)15/h2-3,5-6,8-9,11,15,20H,4,7,10H2,1H3,(H,19,21). The van der Waals surface area contributed by atoms with Gasteiger partial charge in [-0.2, -0.15) is 0 Å². The van der Waals surface area contributed by atoms with E-state index in [2.05, 4.69) is 17.4 Å². The minimum absolute atomic E-state index is 0.0111. The highest BCUT2D eigenvalue weighted by atomic mass is 16.5. The summed E-state index contributed by atoms with van der Waals surface area (Å²) in [6, 6.07) is 13.1. The maximum absolute atomic E-state index is 12.5. The van der Waals surface area contributed by atoms with Gasteiger partial charge in [0.1, 0.15) is 0 Å². The zero-order valence-corrected chi connectivity index (χ0v) is 12.5. The molecule has 2 aromatic rings. The maximum Gasteiger partial charge on any atom is 0.255 e. The molecule has 1 aliphatic rings. The molecule has 1 atom stereocenters. The number of aryl methyl sites for hydroxylation is 1. The van der Waals surface area contributed by atoms with Crippen LogP contribution in [0.25, 0.3) is 0 Å². The Labute approximate surface area is 129 Å². The summed E-state index contributed by atoms with van der Waals surface area (Å²) in [7, 11) is 1.47. The Morgan fingerprint density at radius 3 is 2.86 bits per heavy atom. The van der Waals surface area contributed by atoms with Gasteiger partial charge in [-0.15, -0.1) is 0 Å². The molecule has 0 radical (unpaired) electrons. The molecule has 0 spiro atoms. The molecule has 0 fully saturated rings. The van der Waals surface area contributed by atoms with Crippen molar-refractivity contribution in [3.63, 3.8) is 0 Å². The Hall–Kier alpha value is -2.49. The molecular formula is C18H19NO3. The van der Waals surface area contributed by atoms with Gasteiger partial charge in [0.15, 0.2) is 11.5 Å². The second kappa shape index (κ2) is 6.10. The van der Waals surface area contributed by atoms with Crippen LogP contribution in [0.4, 0.5) is 0 Å². The molecule has 1 amide bonds. The number of phenols is 1. The number of aromatic hydroxyl groups is 1. The lowest BCUT2D eigenvalue weighted by atomic mass is 9.87. The predicted molar refractivity (Wildman–Crippen MR) is 84.2 cm³/mol. The number of benzene rings is 2. The smallest absolute Gasteiger partial charge is 0.255 e. The number of carbonyl (C=O) groups is 1. The number of methoxy groups -OCH3 is 1. The molecule has 3 rings (SSSR count). The van der Waals surface area contributed by atoms with Gasteiger partial charge in [0, 0.05) is 0 Å². The fraction of sp³-hybridized carbons (Fsp3) is 0.278. The molecule has 0 heterocycles. The van der Waals surface area contributed by atoms with E-state index in [1.54, 1.807) is 18.2 Å². The quantitative estimate of drug-likeness (QED) is 0.914. The van der Waals surface area contributed by atoms with E-state index in [0.29, 0.717) is 5.75 Å². The van der Waals surface area contributed by atoms with Crippen LogP contribution in [0.1, 0.15) is 40.4 Å². The van der Waals surface area contributed by atoms with E-state index in [1.165, 1.54) is 18.2 Å². The van der Waals surface area contributed by atoms with Crippen molar-refractivity contribution in [2.45, 2.75) is 25.3 Å². The Morgan fingerprint density at radius 1 is 1.23 bits per heavy atom. The molecule has 0 aromatic heterocycles. The molecule has 1 unspecified atom stereocenters. The summed E-state index contributed by atoms with van der Waals surface area (Å²) >= 11 is 0. The largest absolute Gasteiger partial charge is 0.504 e. The van der Waals surface area contributed by atoms with E-state index >= 15 is 0 Å². The molecule has 1 aliphatic carbocycles. The minimum atomic E-state index is -0.280. The second-order valence-corrected chi connectivity index (χ2v) is 5.47. The summed E-state index contributed by atoms with van der Waals surface area (Å²) in [5, 5.41) is 13.1. The highest BCUT2D eigenvalue weighted by Crippen LogP contribution is 2.32. The van der Waals surface area contributed by atoms with Crippen LogP contribution in [0.5, 0.6) is 11.5 Å². The topological polar surface area (TPSA) is 58.6 Å². The summed E-state index contributed by atoms with van der Waals surface area (Å²) in [5.74, 6) is -0.0959. The molecule has 114 valence electrons. The number of ether oxygens (including phenoxy) is 1. The fourth-order valence-electron chi connectivity index (χ4n) is 3.01. The highest BCUT2D eigenvalue weighted by Gasteiger charge is 2.23. The van der Waals surface area contributed by atoms with E-state index in [-0.39, 0.29) is 23.3 Å². The third-order valence-corrected chi connectivity index (χ3v) is 4.14. The molecule has 0 saturated carbocycles. The molecule has 0 saturated heterocycles. The summed E-state index contributed by atoms with van der Waals surface area (Å²) in [4.78, 5) is 12.5. The summed E-state index contributed by atoms with van der Waals surface area (Å²) in [5.41, 5.74) is 2.70. The lowest BCUT2D eigenvalue weighted by Crippen LogP contribution is -2.31. The fourth-order valence-corrected chi connectivity index (χ4v) is 3.01. The van der Waals surface area contributed by atoms with E-state index < -0.39 is 0 Å². The summed E-state index contributed by atoms with van der Waals surface area (Å²) in [6.45, 7) is 0. The van der Waals surface area contributed by atoms with Crippen molar-refractivity contribution in [2.75, 3.05) is 7.11 Å². The number of hydrogen-bond donors (Lipinski definition) is 2. The van der Waals surface area contributed by atoms with Crippen molar-refractivity contribution in [3.05, 3.63) is 59.2 Å². The number of phenolic OH excluding ortho intramolecular Hbond substituents is 1. The minimum Gasteiger partial charge on any atom is -0.504 e. The SMILES string of the molecule is COc1cccc(C(=O)NC2CCCc3ccccc32)c1O. The normalized spacial score (nSPS) is 16.7.